The molecular weight excluding hydrogens is 487 g/mol. The molecule has 8 nitrogen and oxygen atoms in total. The summed E-state index contributed by atoms with van der Waals surface area (Å²) in [5, 5.41) is 0. The Balaban J connectivity index is 1.36. The standard InChI is InChI=1S/C23H30F3N3O5S/c1-15(23(24,25)26)33-21(30)28-8-6-18(7-9-28)22(2)13-17-12-19(27-14-20(17)34-22)16-4-10-29(11-5-16)35(3,31)32/h4,12,14-15,18H,5-11,13H2,1-3H3/t15-,22-/m0/s1. The largest absolute Gasteiger partial charge is 0.485 e. The van der Waals surface area contributed by atoms with Crippen molar-refractivity contribution in [3.8, 4) is 5.75 Å². The number of likely N-dealkylation sites (tertiary alicyclic amines) is 1. The molecule has 0 radical (unpaired) electrons. The van der Waals surface area contributed by atoms with E-state index < -0.39 is 34.0 Å². The van der Waals surface area contributed by atoms with E-state index >= 15 is 0 Å². The summed E-state index contributed by atoms with van der Waals surface area (Å²) in [5.41, 5.74) is 2.32. The summed E-state index contributed by atoms with van der Waals surface area (Å²) in [7, 11) is -3.22. The van der Waals surface area contributed by atoms with Crippen LogP contribution in [0.2, 0.25) is 0 Å². The zero-order valence-corrected chi connectivity index (χ0v) is 20.8. The summed E-state index contributed by atoms with van der Waals surface area (Å²) in [4.78, 5) is 18.0. The highest BCUT2D eigenvalue weighted by Crippen LogP contribution is 2.43. The van der Waals surface area contributed by atoms with Crippen LogP contribution in [0.1, 0.15) is 44.4 Å². The predicted octanol–water partition coefficient (Wildman–Crippen LogP) is 3.62. The van der Waals surface area contributed by atoms with Gasteiger partial charge in [0.1, 0.15) is 11.4 Å². The lowest BCUT2D eigenvalue weighted by Crippen LogP contribution is -2.48. The number of aromatic nitrogens is 1. The number of rotatable bonds is 4. The number of halogens is 3. The lowest BCUT2D eigenvalue weighted by Gasteiger charge is -2.39. The molecule has 0 saturated carbocycles. The molecule has 35 heavy (non-hydrogen) atoms. The van der Waals surface area contributed by atoms with Crippen LogP contribution in [0.4, 0.5) is 18.0 Å². The summed E-state index contributed by atoms with van der Waals surface area (Å²) in [5.74, 6) is 0.811. The van der Waals surface area contributed by atoms with Gasteiger partial charge < -0.3 is 14.4 Å². The van der Waals surface area contributed by atoms with Crippen LogP contribution >= 0.6 is 0 Å². The third-order valence-corrected chi connectivity index (χ3v) is 8.43. The van der Waals surface area contributed by atoms with Gasteiger partial charge in [-0.25, -0.2) is 13.2 Å². The number of piperidine rings is 1. The van der Waals surface area contributed by atoms with E-state index in [4.69, 9.17) is 4.74 Å². The average Bonchev–Trinajstić information content (AvgIpc) is 3.14. The summed E-state index contributed by atoms with van der Waals surface area (Å²) < 4.78 is 73.8. The van der Waals surface area contributed by atoms with E-state index in [1.807, 2.05) is 19.1 Å². The molecule has 1 aromatic heterocycles. The Morgan fingerprint density at radius 3 is 2.54 bits per heavy atom. The number of carbonyl (C=O) groups excluding carboxylic acids is 1. The summed E-state index contributed by atoms with van der Waals surface area (Å²) >= 11 is 0. The maximum Gasteiger partial charge on any atom is 0.425 e. The number of hydrogen-bond acceptors (Lipinski definition) is 6. The Kier molecular flexibility index (Phi) is 6.82. The summed E-state index contributed by atoms with van der Waals surface area (Å²) in [6.07, 6.45) is -0.467. The molecule has 0 bridgehead atoms. The van der Waals surface area contributed by atoms with Gasteiger partial charge in [0.15, 0.2) is 6.10 Å². The Morgan fingerprint density at radius 2 is 1.97 bits per heavy atom. The van der Waals surface area contributed by atoms with Gasteiger partial charge in [0, 0.05) is 44.1 Å². The van der Waals surface area contributed by atoms with Gasteiger partial charge in [-0.3, -0.25) is 4.98 Å². The third-order valence-electron chi connectivity index (χ3n) is 7.16. The van der Waals surface area contributed by atoms with Crippen LogP contribution in [0.25, 0.3) is 5.57 Å². The highest BCUT2D eigenvalue weighted by atomic mass is 32.2. The maximum atomic E-state index is 12.7. The fourth-order valence-corrected chi connectivity index (χ4v) is 5.70. The van der Waals surface area contributed by atoms with Gasteiger partial charge in [0.2, 0.25) is 10.0 Å². The first-order valence-electron chi connectivity index (χ1n) is 11.6. The van der Waals surface area contributed by atoms with E-state index in [0.29, 0.717) is 57.6 Å². The minimum Gasteiger partial charge on any atom is -0.485 e. The van der Waals surface area contributed by atoms with Crippen molar-refractivity contribution in [2.24, 2.45) is 5.92 Å². The second kappa shape index (κ2) is 9.27. The van der Waals surface area contributed by atoms with Gasteiger partial charge in [0.05, 0.1) is 18.1 Å². The molecule has 0 spiro atoms. The zero-order chi connectivity index (χ0) is 25.6. The number of nitrogens with zero attached hydrogens (tertiary/aromatic N) is 3. The monoisotopic (exact) mass is 517 g/mol. The molecule has 3 aliphatic heterocycles. The number of fused-ring (bicyclic) bond motifs is 1. The molecule has 1 saturated heterocycles. The quantitative estimate of drug-likeness (QED) is 0.606. The number of amides is 1. The van der Waals surface area contributed by atoms with Crippen molar-refractivity contribution in [3.63, 3.8) is 0 Å². The molecule has 1 amide bonds. The first kappa shape index (κ1) is 25.7. The molecule has 0 aliphatic carbocycles. The van der Waals surface area contributed by atoms with Crippen LogP contribution in [0.3, 0.4) is 0 Å². The number of alkyl halides is 3. The van der Waals surface area contributed by atoms with E-state index in [2.05, 4.69) is 9.72 Å². The smallest absolute Gasteiger partial charge is 0.425 e. The van der Waals surface area contributed by atoms with Crippen molar-refractivity contribution in [2.75, 3.05) is 32.4 Å². The average molecular weight is 518 g/mol. The van der Waals surface area contributed by atoms with Crippen molar-refractivity contribution >= 4 is 21.7 Å². The van der Waals surface area contributed by atoms with Crippen molar-refractivity contribution in [2.45, 2.75) is 57.4 Å². The Hall–Kier alpha value is -2.34. The van der Waals surface area contributed by atoms with Crippen molar-refractivity contribution in [1.29, 1.82) is 0 Å². The lowest BCUT2D eigenvalue weighted by atomic mass is 9.79. The molecular formula is C23H30F3N3O5S. The molecule has 0 aromatic carbocycles. The molecule has 12 heteroatoms. The maximum absolute atomic E-state index is 12.7. The minimum absolute atomic E-state index is 0.111. The Bertz CT molecular complexity index is 1120. The second-order valence-electron chi connectivity index (χ2n) is 9.70. The van der Waals surface area contributed by atoms with E-state index in [1.165, 1.54) is 15.5 Å². The third kappa shape index (κ3) is 5.58. The summed E-state index contributed by atoms with van der Waals surface area (Å²) in [6, 6.07) is 1.99. The number of hydrogen-bond donors (Lipinski definition) is 0. The van der Waals surface area contributed by atoms with Crippen molar-refractivity contribution in [1.82, 2.24) is 14.2 Å². The van der Waals surface area contributed by atoms with E-state index in [1.54, 1.807) is 6.20 Å². The van der Waals surface area contributed by atoms with Gasteiger partial charge in [-0.15, -0.1) is 0 Å². The second-order valence-corrected chi connectivity index (χ2v) is 11.7. The van der Waals surface area contributed by atoms with Gasteiger partial charge in [0.25, 0.3) is 0 Å². The first-order valence-corrected chi connectivity index (χ1v) is 13.5. The van der Waals surface area contributed by atoms with E-state index in [0.717, 1.165) is 23.8 Å². The molecule has 1 fully saturated rings. The number of pyridine rings is 1. The molecule has 2 atom stereocenters. The Morgan fingerprint density at radius 1 is 1.29 bits per heavy atom. The predicted molar refractivity (Wildman–Crippen MR) is 122 cm³/mol. The highest BCUT2D eigenvalue weighted by molar-refractivity contribution is 7.88. The zero-order valence-electron chi connectivity index (χ0n) is 20.0. The summed E-state index contributed by atoms with van der Waals surface area (Å²) in [6.45, 7) is 4.18. The van der Waals surface area contributed by atoms with Crippen LogP contribution in [0.5, 0.6) is 5.75 Å². The van der Waals surface area contributed by atoms with Gasteiger partial charge in [-0.2, -0.15) is 17.5 Å². The fraction of sp³-hybridized carbons (Fsp3) is 0.652. The normalized spacial score (nSPS) is 25.0. The van der Waals surface area contributed by atoms with Crippen LogP contribution in [-0.2, 0) is 21.2 Å². The van der Waals surface area contributed by atoms with Gasteiger partial charge >= 0.3 is 12.3 Å². The van der Waals surface area contributed by atoms with Crippen LogP contribution in [-0.4, -0.2) is 79.0 Å². The SMILES string of the molecule is C[C@H](OC(=O)N1CCC([C@]2(C)Cc3cc(C4=CCN(S(C)(=O)=O)CC4)ncc3O2)CC1)C(F)(F)F. The molecule has 3 aliphatic rings. The molecule has 1 aromatic rings. The molecule has 4 rings (SSSR count). The van der Waals surface area contributed by atoms with Gasteiger partial charge in [-0.05, 0) is 44.7 Å². The molecule has 0 unspecified atom stereocenters. The first-order chi connectivity index (χ1) is 16.3. The van der Waals surface area contributed by atoms with Crippen LogP contribution < -0.4 is 4.74 Å². The fourth-order valence-electron chi connectivity index (χ4n) is 4.93. The van der Waals surface area contributed by atoms with E-state index in [9.17, 15) is 26.4 Å². The van der Waals surface area contributed by atoms with Crippen molar-refractivity contribution in [3.05, 3.63) is 29.6 Å². The van der Waals surface area contributed by atoms with Gasteiger partial charge in [-0.1, -0.05) is 6.08 Å². The number of sulfonamides is 1. The number of carbonyl (C=O) groups is 1. The minimum atomic E-state index is -4.58. The topological polar surface area (TPSA) is 89.0 Å². The molecule has 0 N–H and O–H groups in total. The van der Waals surface area contributed by atoms with Crippen molar-refractivity contribution < 1.29 is 35.9 Å². The van der Waals surface area contributed by atoms with Crippen LogP contribution in [0.15, 0.2) is 18.3 Å². The lowest BCUT2D eigenvalue weighted by molar-refractivity contribution is -0.200. The van der Waals surface area contributed by atoms with Crippen LogP contribution in [0, 0.1) is 5.92 Å². The molecule has 4 heterocycles. The number of ether oxygens (including phenoxy) is 2. The highest BCUT2D eigenvalue weighted by Gasteiger charge is 2.45. The Labute approximate surface area is 203 Å². The molecule has 194 valence electrons. The van der Waals surface area contributed by atoms with E-state index in [-0.39, 0.29) is 5.92 Å².